The second kappa shape index (κ2) is 7.99. The molecule has 0 saturated carbocycles. The van der Waals surface area contributed by atoms with Crippen LogP contribution in [0, 0.1) is 0 Å². The number of piperidine rings is 1. The largest absolute Gasteiger partial charge is 0.370 e. The van der Waals surface area contributed by atoms with Gasteiger partial charge in [-0.15, -0.1) is 0 Å². The maximum atomic E-state index is 13.0. The number of amides is 1. The van der Waals surface area contributed by atoms with Crippen molar-refractivity contribution in [3.63, 3.8) is 0 Å². The van der Waals surface area contributed by atoms with Crippen molar-refractivity contribution in [2.45, 2.75) is 19.3 Å². The van der Waals surface area contributed by atoms with Gasteiger partial charge in [0, 0.05) is 18.5 Å². The molecule has 1 aliphatic rings. The molecule has 0 bridgehead atoms. The van der Waals surface area contributed by atoms with Gasteiger partial charge in [0.05, 0.1) is 23.1 Å². The lowest BCUT2D eigenvalue weighted by atomic mass is 10.1. The first-order valence-corrected chi connectivity index (χ1v) is 10.4. The Kier molecular flexibility index (Phi) is 4.89. The van der Waals surface area contributed by atoms with Crippen LogP contribution >= 0.6 is 0 Å². The van der Waals surface area contributed by atoms with Crippen molar-refractivity contribution < 1.29 is 4.79 Å². The van der Waals surface area contributed by atoms with Gasteiger partial charge in [0.2, 0.25) is 0 Å². The second-order valence-electron chi connectivity index (χ2n) is 7.52. The van der Waals surface area contributed by atoms with E-state index in [2.05, 4.69) is 26.4 Å². The minimum absolute atomic E-state index is 0.224. The molecule has 5 rings (SSSR count). The molecular formula is C24H23N5O. The zero-order valence-electron chi connectivity index (χ0n) is 16.7. The van der Waals surface area contributed by atoms with E-state index in [0.29, 0.717) is 11.5 Å². The van der Waals surface area contributed by atoms with Crippen molar-refractivity contribution in [1.82, 2.24) is 14.8 Å². The molecule has 1 N–H and O–H groups in total. The second-order valence-corrected chi connectivity index (χ2v) is 7.52. The number of benzene rings is 2. The number of para-hydroxylation sites is 3. The molecule has 1 saturated heterocycles. The smallest absolute Gasteiger partial charge is 0.274 e. The number of fused-ring (bicyclic) bond motifs is 1. The van der Waals surface area contributed by atoms with E-state index in [4.69, 9.17) is 0 Å². The van der Waals surface area contributed by atoms with Crippen LogP contribution in [-0.2, 0) is 0 Å². The van der Waals surface area contributed by atoms with Gasteiger partial charge in [0.15, 0.2) is 5.82 Å². The zero-order valence-corrected chi connectivity index (χ0v) is 16.7. The van der Waals surface area contributed by atoms with Crippen LogP contribution in [0.2, 0.25) is 0 Å². The number of carbonyl (C=O) groups is 1. The lowest BCUT2D eigenvalue weighted by Crippen LogP contribution is -2.30. The van der Waals surface area contributed by atoms with Gasteiger partial charge in [-0.05, 0) is 49.6 Å². The minimum atomic E-state index is -0.224. The summed E-state index contributed by atoms with van der Waals surface area (Å²) >= 11 is 0. The van der Waals surface area contributed by atoms with Gasteiger partial charge in [-0.3, -0.25) is 4.79 Å². The first-order chi connectivity index (χ1) is 14.8. The van der Waals surface area contributed by atoms with E-state index in [1.807, 2.05) is 54.6 Å². The average Bonchev–Trinajstić information content (AvgIpc) is 3.24. The van der Waals surface area contributed by atoms with Gasteiger partial charge in [-0.2, -0.15) is 5.10 Å². The summed E-state index contributed by atoms with van der Waals surface area (Å²) in [6.07, 6.45) is 5.44. The molecule has 0 unspecified atom stereocenters. The Morgan fingerprint density at radius 2 is 1.67 bits per heavy atom. The number of aromatic nitrogens is 3. The summed E-state index contributed by atoms with van der Waals surface area (Å²) in [6.45, 7) is 2.04. The average molecular weight is 397 g/mol. The predicted molar refractivity (Wildman–Crippen MR) is 119 cm³/mol. The molecule has 3 heterocycles. The summed E-state index contributed by atoms with van der Waals surface area (Å²) in [4.78, 5) is 19.9. The van der Waals surface area contributed by atoms with Gasteiger partial charge in [-0.1, -0.05) is 36.4 Å². The highest BCUT2D eigenvalue weighted by Crippen LogP contribution is 2.28. The molecule has 4 aromatic rings. The highest BCUT2D eigenvalue weighted by atomic mass is 16.1. The molecule has 30 heavy (non-hydrogen) atoms. The van der Waals surface area contributed by atoms with E-state index in [9.17, 15) is 4.79 Å². The molecule has 2 aromatic carbocycles. The normalized spacial score (nSPS) is 14.1. The first-order valence-electron chi connectivity index (χ1n) is 10.4. The molecule has 2 aromatic heterocycles. The Bertz CT molecular complexity index is 1190. The summed E-state index contributed by atoms with van der Waals surface area (Å²) in [5.41, 5.74) is 3.21. The van der Waals surface area contributed by atoms with Gasteiger partial charge in [0.1, 0.15) is 5.69 Å². The van der Waals surface area contributed by atoms with Crippen LogP contribution in [0.1, 0.15) is 29.8 Å². The fourth-order valence-electron chi connectivity index (χ4n) is 4.00. The number of carbonyl (C=O) groups excluding carboxylic acids is 1. The summed E-state index contributed by atoms with van der Waals surface area (Å²) in [6, 6.07) is 21.4. The Balaban J connectivity index is 1.42. The van der Waals surface area contributed by atoms with Crippen LogP contribution in [-0.4, -0.2) is 33.8 Å². The van der Waals surface area contributed by atoms with E-state index in [0.717, 1.165) is 35.4 Å². The number of anilines is 2. The summed E-state index contributed by atoms with van der Waals surface area (Å²) in [5.74, 6) is 0.394. The SMILES string of the molecule is O=C(Nc1ccccc1N1CCCCC1)c1cccc(-n2ncc3ccccc32)n1. The lowest BCUT2D eigenvalue weighted by Gasteiger charge is -2.30. The monoisotopic (exact) mass is 397 g/mol. The number of nitrogens with zero attached hydrogens (tertiary/aromatic N) is 4. The standard InChI is InChI=1S/C24H23N5O/c30-24(27-19-10-3-5-13-22(19)28-15-6-1-7-16-28)20-11-8-14-23(26-20)29-21-12-4-2-9-18(21)17-25-29/h2-5,8-14,17H,1,6-7,15-16H2,(H,27,30). The molecule has 0 atom stereocenters. The lowest BCUT2D eigenvalue weighted by molar-refractivity contribution is 0.102. The van der Waals surface area contributed by atoms with Crippen molar-refractivity contribution in [3.8, 4) is 5.82 Å². The number of rotatable bonds is 4. The van der Waals surface area contributed by atoms with Crippen molar-refractivity contribution in [2.24, 2.45) is 0 Å². The van der Waals surface area contributed by atoms with Crippen LogP contribution in [0.25, 0.3) is 16.7 Å². The Morgan fingerprint density at radius 3 is 2.57 bits per heavy atom. The maximum absolute atomic E-state index is 13.0. The van der Waals surface area contributed by atoms with E-state index >= 15 is 0 Å². The summed E-state index contributed by atoms with van der Waals surface area (Å²) in [7, 11) is 0. The third-order valence-electron chi connectivity index (χ3n) is 5.51. The number of nitrogens with one attached hydrogen (secondary N) is 1. The molecule has 1 amide bonds. The summed E-state index contributed by atoms with van der Waals surface area (Å²) < 4.78 is 1.76. The van der Waals surface area contributed by atoms with Crippen molar-refractivity contribution >= 4 is 28.2 Å². The Hall–Kier alpha value is -3.67. The predicted octanol–water partition coefficient (Wildman–Crippen LogP) is 4.66. The number of pyridine rings is 1. The van der Waals surface area contributed by atoms with Gasteiger partial charge < -0.3 is 10.2 Å². The third-order valence-corrected chi connectivity index (χ3v) is 5.51. The van der Waals surface area contributed by atoms with Crippen LogP contribution < -0.4 is 10.2 Å². The Morgan fingerprint density at radius 1 is 0.867 bits per heavy atom. The van der Waals surface area contributed by atoms with E-state index in [1.54, 1.807) is 16.9 Å². The molecule has 0 aliphatic carbocycles. The van der Waals surface area contributed by atoms with Crippen LogP contribution in [0.3, 0.4) is 0 Å². The van der Waals surface area contributed by atoms with Crippen LogP contribution in [0.4, 0.5) is 11.4 Å². The van der Waals surface area contributed by atoms with E-state index < -0.39 is 0 Å². The van der Waals surface area contributed by atoms with Gasteiger partial charge >= 0.3 is 0 Å². The molecule has 6 nitrogen and oxygen atoms in total. The van der Waals surface area contributed by atoms with Crippen molar-refractivity contribution in [3.05, 3.63) is 78.6 Å². The maximum Gasteiger partial charge on any atom is 0.274 e. The topological polar surface area (TPSA) is 63.1 Å². The highest BCUT2D eigenvalue weighted by Gasteiger charge is 2.17. The minimum Gasteiger partial charge on any atom is -0.370 e. The first kappa shape index (κ1) is 18.4. The van der Waals surface area contributed by atoms with Crippen LogP contribution in [0.15, 0.2) is 72.9 Å². The molecule has 1 fully saturated rings. The molecule has 0 spiro atoms. The molecular weight excluding hydrogens is 374 g/mol. The molecule has 6 heteroatoms. The third kappa shape index (κ3) is 3.52. The molecule has 0 radical (unpaired) electrons. The quantitative estimate of drug-likeness (QED) is 0.544. The Labute approximate surface area is 175 Å². The van der Waals surface area contributed by atoms with Crippen molar-refractivity contribution in [2.75, 3.05) is 23.3 Å². The molecule has 150 valence electrons. The highest BCUT2D eigenvalue weighted by molar-refractivity contribution is 6.04. The number of hydrogen-bond donors (Lipinski definition) is 1. The van der Waals surface area contributed by atoms with E-state index in [1.165, 1.54) is 19.3 Å². The van der Waals surface area contributed by atoms with Crippen LogP contribution in [0.5, 0.6) is 0 Å². The van der Waals surface area contributed by atoms with Gasteiger partial charge in [0.25, 0.3) is 5.91 Å². The fraction of sp³-hybridized carbons (Fsp3) is 0.208. The molecule has 1 aliphatic heterocycles. The number of hydrogen-bond acceptors (Lipinski definition) is 4. The fourth-order valence-corrected chi connectivity index (χ4v) is 4.00. The van der Waals surface area contributed by atoms with Crippen molar-refractivity contribution in [1.29, 1.82) is 0 Å². The van der Waals surface area contributed by atoms with Gasteiger partial charge in [-0.25, -0.2) is 9.67 Å². The van der Waals surface area contributed by atoms with E-state index in [-0.39, 0.29) is 5.91 Å². The summed E-state index contributed by atoms with van der Waals surface area (Å²) in [5, 5.41) is 8.53. The zero-order chi connectivity index (χ0) is 20.3.